The van der Waals surface area contributed by atoms with Crippen LogP contribution in [0.4, 0.5) is 4.79 Å². The Labute approximate surface area is 291 Å². The van der Waals surface area contributed by atoms with E-state index in [0.29, 0.717) is 12.0 Å². The summed E-state index contributed by atoms with van der Waals surface area (Å²) in [7, 11) is 0. The average molecular weight is 647 g/mol. The molecule has 0 heterocycles. The fourth-order valence-corrected chi connectivity index (χ4v) is 7.75. The number of nitrogens with one attached hydrogen (secondary N) is 2. The van der Waals surface area contributed by atoms with Gasteiger partial charge in [-0.15, -0.1) is 0 Å². The molecule has 0 fully saturated rings. The van der Waals surface area contributed by atoms with Crippen molar-refractivity contribution in [3.05, 3.63) is 12.2 Å². The van der Waals surface area contributed by atoms with Crippen LogP contribution in [0.1, 0.15) is 235 Å². The van der Waals surface area contributed by atoms with Gasteiger partial charge in [-0.1, -0.05) is 182 Å². The topological polar surface area (TPSA) is 41.1 Å². The Hall–Kier alpha value is -0.990. The lowest BCUT2D eigenvalue weighted by Crippen LogP contribution is -2.52. The van der Waals surface area contributed by atoms with Crippen LogP contribution in [-0.4, -0.2) is 17.6 Å². The summed E-state index contributed by atoms with van der Waals surface area (Å²) >= 11 is 0. The first-order valence-corrected chi connectivity index (χ1v) is 20.7. The van der Waals surface area contributed by atoms with Gasteiger partial charge in [-0.05, 0) is 76.5 Å². The molecule has 0 aliphatic heterocycles. The van der Waals surface area contributed by atoms with Gasteiger partial charge >= 0.3 is 6.03 Å². The first-order valence-electron chi connectivity index (χ1n) is 20.7. The molecule has 0 saturated heterocycles. The number of hydrogen-bond acceptors (Lipinski definition) is 1. The second kappa shape index (κ2) is 30.1. The van der Waals surface area contributed by atoms with Gasteiger partial charge in [-0.25, -0.2) is 4.79 Å². The van der Waals surface area contributed by atoms with Gasteiger partial charge in [0.25, 0.3) is 0 Å². The predicted octanol–water partition coefficient (Wildman–Crippen LogP) is 14.6. The van der Waals surface area contributed by atoms with Gasteiger partial charge in [-0.2, -0.15) is 0 Å². The third-order valence-corrected chi connectivity index (χ3v) is 9.64. The minimum atomic E-state index is -0.215. The highest BCUT2D eigenvalue weighted by atomic mass is 16.2. The lowest BCUT2D eigenvalue weighted by molar-refractivity contribution is 0.181. The highest BCUT2D eigenvalue weighted by Gasteiger charge is 2.31. The fraction of sp³-hybridized carbons (Fsp3) is 0.930. The lowest BCUT2D eigenvalue weighted by atomic mass is 9.75. The van der Waals surface area contributed by atoms with Crippen LogP contribution in [0.2, 0.25) is 0 Å². The molecule has 2 N–H and O–H groups in total. The smallest absolute Gasteiger partial charge is 0.315 e. The number of amides is 2. The van der Waals surface area contributed by atoms with Crippen molar-refractivity contribution < 1.29 is 4.79 Å². The molecule has 0 aromatic heterocycles. The van der Waals surface area contributed by atoms with E-state index in [1.807, 2.05) is 0 Å². The van der Waals surface area contributed by atoms with Gasteiger partial charge in [0.05, 0.1) is 0 Å². The van der Waals surface area contributed by atoms with E-state index < -0.39 is 0 Å². The van der Waals surface area contributed by atoms with Crippen LogP contribution in [0.3, 0.4) is 0 Å². The molecule has 274 valence electrons. The molecule has 0 aromatic rings. The molecule has 0 aliphatic carbocycles. The zero-order valence-corrected chi connectivity index (χ0v) is 33.0. The summed E-state index contributed by atoms with van der Waals surface area (Å²) in [5.41, 5.74) is -0.00285. The summed E-state index contributed by atoms with van der Waals surface area (Å²) in [6, 6.07) is 0.331. The molecule has 3 heteroatoms. The van der Waals surface area contributed by atoms with Crippen molar-refractivity contribution in [2.75, 3.05) is 0 Å². The second-order valence-corrected chi connectivity index (χ2v) is 16.8. The molecule has 46 heavy (non-hydrogen) atoms. The summed E-state index contributed by atoms with van der Waals surface area (Å²) in [5, 5.41) is 6.79. The molecule has 0 rings (SSSR count). The standard InChI is InChI=1S/C43H86N2O/c1-9-11-13-15-17-19-21-23-25-27-29-31-33-35-40(36-34-32-30-28-26-24-22-20-18-16-14-12-10-2)44-41(46)45-43(7,8)38-42(5,6)37-39(3)4/h17,19,39-40H,9-16,18,20-38H2,1-8H3,(H2,44,45,46)/b19-17+. The third kappa shape index (κ3) is 31.6. The van der Waals surface area contributed by atoms with Crippen LogP contribution in [0, 0.1) is 11.3 Å². The molecule has 1 unspecified atom stereocenters. The van der Waals surface area contributed by atoms with Crippen LogP contribution >= 0.6 is 0 Å². The monoisotopic (exact) mass is 647 g/mol. The highest BCUT2D eigenvalue weighted by molar-refractivity contribution is 5.75. The highest BCUT2D eigenvalue weighted by Crippen LogP contribution is 2.34. The van der Waals surface area contributed by atoms with E-state index in [9.17, 15) is 4.79 Å². The van der Waals surface area contributed by atoms with E-state index in [0.717, 1.165) is 19.3 Å². The molecule has 1 atom stereocenters. The number of urea groups is 1. The number of hydrogen-bond donors (Lipinski definition) is 2. The van der Waals surface area contributed by atoms with Gasteiger partial charge in [-0.3, -0.25) is 0 Å². The second-order valence-electron chi connectivity index (χ2n) is 16.8. The first-order chi connectivity index (χ1) is 22.0. The third-order valence-electron chi connectivity index (χ3n) is 9.64. The van der Waals surface area contributed by atoms with Crippen molar-refractivity contribution in [2.45, 2.75) is 247 Å². The normalized spacial score (nSPS) is 13.2. The fourth-order valence-electron chi connectivity index (χ4n) is 7.75. The molecule has 0 spiro atoms. The maximum absolute atomic E-state index is 13.2. The van der Waals surface area contributed by atoms with E-state index in [-0.39, 0.29) is 17.0 Å². The first kappa shape index (κ1) is 45.0. The van der Waals surface area contributed by atoms with Gasteiger partial charge < -0.3 is 10.6 Å². The predicted molar refractivity (Wildman–Crippen MR) is 208 cm³/mol. The van der Waals surface area contributed by atoms with Crippen molar-refractivity contribution >= 4 is 6.03 Å². The maximum atomic E-state index is 13.2. The minimum Gasteiger partial charge on any atom is -0.335 e. The van der Waals surface area contributed by atoms with Crippen molar-refractivity contribution in [2.24, 2.45) is 11.3 Å². The van der Waals surface area contributed by atoms with E-state index in [2.05, 4.69) is 78.2 Å². The van der Waals surface area contributed by atoms with Crippen molar-refractivity contribution in [3.63, 3.8) is 0 Å². The number of rotatable bonds is 33. The summed E-state index contributed by atoms with van der Waals surface area (Å²) in [6.07, 6.45) is 41.6. The summed E-state index contributed by atoms with van der Waals surface area (Å²) in [6.45, 7) is 18.2. The quantitative estimate of drug-likeness (QED) is 0.0540. The SMILES string of the molecule is CCCCC/C=C/CCCCCCCCC(CCCCCCCCCCCCCCC)NC(=O)NC(C)(C)CC(C)(C)CC(C)C. The van der Waals surface area contributed by atoms with Gasteiger partial charge in [0.15, 0.2) is 0 Å². The Morgan fingerprint density at radius 2 is 0.935 bits per heavy atom. The number of allylic oxidation sites excluding steroid dienone is 2. The molecule has 0 aliphatic rings. The molecule has 0 radical (unpaired) electrons. The molecule has 3 nitrogen and oxygen atoms in total. The Kier molecular flexibility index (Phi) is 29.4. The van der Waals surface area contributed by atoms with Crippen molar-refractivity contribution in [3.8, 4) is 0 Å². The lowest BCUT2D eigenvalue weighted by Gasteiger charge is -2.37. The zero-order valence-electron chi connectivity index (χ0n) is 33.0. The molecule has 0 bridgehead atoms. The van der Waals surface area contributed by atoms with E-state index in [1.54, 1.807) is 0 Å². The zero-order chi connectivity index (χ0) is 34.4. The Morgan fingerprint density at radius 3 is 1.37 bits per heavy atom. The van der Waals surface area contributed by atoms with Gasteiger partial charge in [0, 0.05) is 11.6 Å². The van der Waals surface area contributed by atoms with E-state index >= 15 is 0 Å². The van der Waals surface area contributed by atoms with Crippen LogP contribution in [-0.2, 0) is 0 Å². The van der Waals surface area contributed by atoms with E-state index in [1.165, 1.54) is 161 Å². The largest absolute Gasteiger partial charge is 0.335 e. The van der Waals surface area contributed by atoms with Gasteiger partial charge in [0.1, 0.15) is 0 Å². The Balaban J connectivity index is 4.46. The van der Waals surface area contributed by atoms with Crippen LogP contribution in [0.5, 0.6) is 0 Å². The van der Waals surface area contributed by atoms with Crippen LogP contribution in [0.25, 0.3) is 0 Å². The molecule has 0 aromatic carbocycles. The van der Waals surface area contributed by atoms with Crippen molar-refractivity contribution in [1.29, 1.82) is 0 Å². The number of carbonyl (C=O) groups is 1. The van der Waals surface area contributed by atoms with Crippen molar-refractivity contribution in [1.82, 2.24) is 10.6 Å². The molecular weight excluding hydrogens is 560 g/mol. The molecule has 0 saturated carbocycles. The number of unbranched alkanes of at least 4 members (excludes halogenated alkanes) is 21. The van der Waals surface area contributed by atoms with Crippen LogP contribution < -0.4 is 10.6 Å². The maximum Gasteiger partial charge on any atom is 0.315 e. The average Bonchev–Trinajstić information content (AvgIpc) is 2.96. The Morgan fingerprint density at radius 1 is 0.565 bits per heavy atom. The number of carbonyl (C=O) groups excluding carboxylic acids is 1. The molecule has 2 amide bonds. The Bertz CT molecular complexity index is 695. The minimum absolute atomic E-state index is 0.0350. The van der Waals surface area contributed by atoms with Gasteiger partial charge in [0.2, 0.25) is 0 Å². The summed E-state index contributed by atoms with van der Waals surface area (Å²) < 4.78 is 0. The molecular formula is C43H86N2O. The van der Waals surface area contributed by atoms with E-state index in [4.69, 9.17) is 0 Å². The summed E-state index contributed by atoms with van der Waals surface area (Å²) in [4.78, 5) is 13.2. The van der Waals surface area contributed by atoms with Crippen LogP contribution in [0.15, 0.2) is 12.2 Å². The summed E-state index contributed by atoms with van der Waals surface area (Å²) in [5.74, 6) is 0.668.